The standard InChI is InChI=1S/C20H41N3/c1-17(2)7-6-12-22-13-8-19(9-14-22)21(5)20-10-15-23(16-11-20)18(3)4/h17-20H,6-16H2,1-5H3. The fourth-order valence-electron chi connectivity index (χ4n) is 4.38. The van der Waals surface area contributed by atoms with E-state index >= 15 is 0 Å². The molecule has 3 nitrogen and oxygen atoms in total. The largest absolute Gasteiger partial charge is 0.303 e. The maximum Gasteiger partial charge on any atom is 0.0119 e. The average molecular weight is 324 g/mol. The fourth-order valence-corrected chi connectivity index (χ4v) is 4.38. The Kier molecular flexibility index (Phi) is 7.84. The molecular weight excluding hydrogens is 282 g/mol. The molecule has 0 atom stereocenters. The SMILES string of the molecule is CC(C)CCCN1CCC(N(C)C2CCN(C(C)C)CC2)CC1. The predicted molar refractivity (Wildman–Crippen MR) is 101 cm³/mol. The Morgan fingerprint density at radius 1 is 0.870 bits per heavy atom. The van der Waals surface area contributed by atoms with Crippen LogP contribution < -0.4 is 0 Å². The molecule has 23 heavy (non-hydrogen) atoms. The van der Waals surface area contributed by atoms with Crippen molar-refractivity contribution in [3.8, 4) is 0 Å². The first-order valence-electron chi connectivity index (χ1n) is 10.2. The maximum absolute atomic E-state index is 2.74. The number of piperidine rings is 2. The van der Waals surface area contributed by atoms with Gasteiger partial charge in [-0.3, -0.25) is 0 Å². The molecule has 0 amide bonds. The number of hydrogen-bond donors (Lipinski definition) is 0. The van der Waals surface area contributed by atoms with Gasteiger partial charge in [-0.05, 0) is 98.1 Å². The van der Waals surface area contributed by atoms with E-state index in [-0.39, 0.29) is 0 Å². The fraction of sp³-hybridized carbons (Fsp3) is 1.00. The highest BCUT2D eigenvalue weighted by atomic mass is 15.2. The van der Waals surface area contributed by atoms with Crippen molar-refractivity contribution in [3.05, 3.63) is 0 Å². The zero-order valence-corrected chi connectivity index (χ0v) is 16.4. The molecule has 2 aliphatic rings. The van der Waals surface area contributed by atoms with E-state index in [9.17, 15) is 0 Å². The van der Waals surface area contributed by atoms with Crippen molar-refractivity contribution >= 4 is 0 Å². The van der Waals surface area contributed by atoms with Crippen molar-refractivity contribution in [2.45, 2.75) is 84.3 Å². The molecule has 0 aromatic rings. The lowest BCUT2D eigenvalue weighted by Gasteiger charge is -2.44. The highest BCUT2D eigenvalue weighted by Gasteiger charge is 2.29. The second-order valence-electron chi connectivity index (χ2n) is 8.64. The van der Waals surface area contributed by atoms with E-state index in [0.717, 1.165) is 24.0 Å². The first-order valence-corrected chi connectivity index (χ1v) is 10.2. The summed E-state index contributed by atoms with van der Waals surface area (Å²) in [4.78, 5) is 8.08. The number of nitrogens with zero attached hydrogens (tertiary/aromatic N) is 3. The lowest BCUT2D eigenvalue weighted by Crippen LogP contribution is -2.51. The third kappa shape index (κ3) is 6.03. The molecule has 0 radical (unpaired) electrons. The summed E-state index contributed by atoms with van der Waals surface area (Å²) in [6, 6.07) is 2.37. The van der Waals surface area contributed by atoms with Crippen molar-refractivity contribution in [2.24, 2.45) is 5.92 Å². The molecule has 0 unspecified atom stereocenters. The van der Waals surface area contributed by atoms with Crippen molar-refractivity contribution in [1.82, 2.24) is 14.7 Å². The molecule has 0 aromatic heterocycles. The second kappa shape index (κ2) is 9.39. The van der Waals surface area contributed by atoms with Crippen LogP contribution in [0.4, 0.5) is 0 Å². The molecule has 0 aliphatic carbocycles. The molecule has 0 spiro atoms. The van der Waals surface area contributed by atoms with E-state index in [1.165, 1.54) is 71.2 Å². The van der Waals surface area contributed by atoms with Crippen LogP contribution in [0, 0.1) is 5.92 Å². The maximum atomic E-state index is 2.74. The van der Waals surface area contributed by atoms with Gasteiger partial charge in [0.25, 0.3) is 0 Å². The predicted octanol–water partition coefficient (Wildman–Crippen LogP) is 3.69. The number of likely N-dealkylation sites (tertiary alicyclic amines) is 2. The summed E-state index contributed by atoms with van der Waals surface area (Å²) in [7, 11) is 2.40. The Balaban J connectivity index is 1.66. The van der Waals surface area contributed by atoms with Gasteiger partial charge in [0.15, 0.2) is 0 Å². The smallest absolute Gasteiger partial charge is 0.0119 e. The van der Waals surface area contributed by atoms with Crippen LogP contribution in [-0.4, -0.2) is 72.6 Å². The molecule has 3 heteroatoms. The molecular formula is C20H41N3. The van der Waals surface area contributed by atoms with Crippen LogP contribution in [0.1, 0.15) is 66.2 Å². The molecule has 0 bridgehead atoms. The van der Waals surface area contributed by atoms with Gasteiger partial charge in [-0.25, -0.2) is 0 Å². The van der Waals surface area contributed by atoms with Crippen LogP contribution in [0.5, 0.6) is 0 Å². The van der Waals surface area contributed by atoms with Crippen LogP contribution in [0.2, 0.25) is 0 Å². The minimum absolute atomic E-state index is 0.718. The summed E-state index contributed by atoms with van der Waals surface area (Å²) in [6.07, 6.45) is 8.25. The topological polar surface area (TPSA) is 9.72 Å². The summed E-state index contributed by atoms with van der Waals surface area (Å²) in [5.74, 6) is 0.857. The van der Waals surface area contributed by atoms with Crippen molar-refractivity contribution in [1.29, 1.82) is 0 Å². The van der Waals surface area contributed by atoms with E-state index in [1.54, 1.807) is 0 Å². The Morgan fingerprint density at radius 3 is 1.87 bits per heavy atom. The molecule has 2 saturated heterocycles. The second-order valence-corrected chi connectivity index (χ2v) is 8.64. The van der Waals surface area contributed by atoms with Gasteiger partial charge < -0.3 is 14.7 Å². The zero-order chi connectivity index (χ0) is 16.8. The van der Waals surface area contributed by atoms with Crippen molar-refractivity contribution in [2.75, 3.05) is 39.8 Å². The van der Waals surface area contributed by atoms with Crippen LogP contribution in [0.3, 0.4) is 0 Å². The van der Waals surface area contributed by atoms with E-state index in [0.29, 0.717) is 0 Å². The van der Waals surface area contributed by atoms with Crippen molar-refractivity contribution < 1.29 is 0 Å². The van der Waals surface area contributed by atoms with Gasteiger partial charge in [0, 0.05) is 18.1 Å². The Morgan fingerprint density at radius 2 is 1.39 bits per heavy atom. The third-order valence-corrected chi connectivity index (χ3v) is 6.19. The number of hydrogen-bond acceptors (Lipinski definition) is 3. The molecule has 2 fully saturated rings. The third-order valence-electron chi connectivity index (χ3n) is 6.19. The van der Waals surface area contributed by atoms with E-state index in [2.05, 4.69) is 49.4 Å². The lowest BCUT2D eigenvalue weighted by atomic mass is 9.96. The number of rotatable bonds is 7. The van der Waals surface area contributed by atoms with Gasteiger partial charge in [-0.1, -0.05) is 13.8 Å². The summed E-state index contributed by atoms with van der Waals surface area (Å²) < 4.78 is 0. The summed E-state index contributed by atoms with van der Waals surface area (Å²) in [6.45, 7) is 15.9. The molecule has 0 N–H and O–H groups in total. The van der Waals surface area contributed by atoms with Gasteiger partial charge in [0.1, 0.15) is 0 Å². The van der Waals surface area contributed by atoms with E-state index < -0.39 is 0 Å². The molecule has 2 rings (SSSR count). The Hall–Kier alpha value is -0.120. The van der Waals surface area contributed by atoms with Crippen LogP contribution in [0.25, 0.3) is 0 Å². The zero-order valence-electron chi connectivity index (χ0n) is 16.4. The van der Waals surface area contributed by atoms with Gasteiger partial charge in [-0.15, -0.1) is 0 Å². The van der Waals surface area contributed by atoms with Gasteiger partial charge in [0.2, 0.25) is 0 Å². The van der Waals surface area contributed by atoms with Crippen LogP contribution in [0.15, 0.2) is 0 Å². The first-order chi connectivity index (χ1) is 11.0. The molecule has 0 aromatic carbocycles. The van der Waals surface area contributed by atoms with Crippen molar-refractivity contribution in [3.63, 3.8) is 0 Å². The molecule has 136 valence electrons. The van der Waals surface area contributed by atoms with Gasteiger partial charge >= 0.3 is 0 Å². The quantitative estimate of drug-likeness (QED) is 0.707. The Bertz CT molecular complexity index is 313. The van der Waals surface area contributed by atoms with Gasteiger partial charge in [-0.2, -0.15) is 0 Å². The highest BCUT2D eigenvalue weighted by Crippen LogP contribution is 2.24. The summed E-state index contributed by atoms with van der Waals surface area (Å²) in [5.41, 5.74) is 0. The monoisotopic (exact) mass is 323 g/mol. The van der Waals surface area contributed by atoms with Gasteiger partial charge in [0.05, 0.1) is 0 Å². The molecule has 2 aliphatic heterocycles. The van der Waals surface area contributed by atoms with Crippen LogP contribution in [-0.2, 0) is 0 Å². The van der Waals surface area contributed by atoms with E-state index in [1.807, 2.05) is 0 Å². The summed E-state index contributed by atoms with van der Waals surface area (Å²) >= 11 is 0. The molecule has 0 saturated carbocycles. The normalized spacial score (nSPS) is 23.5. The average Bonchev–Trinajstić information content (AvgIpc) is 2.54. The lowest BCUT2D eigenvalue weighted by molar-refractivity contribution is 0.0531. The Labute approximate surface area is 145 Å². The van der Waals surface area contributed by atoms with E-state index in [4.69, 9.17) is 0 Å². The highest BCUT2D eigenvalue weighted by molar-refractivity contribution is 4.86. The van der Waals surface area contributed by atoms with Crippen LogP contribution >= 0.6 is 0 Å². The summed E-state index contributed by atoms with van der Waals surface area (Å²) in [5, 5.41) is 0. The first kappa shape index (κ1) is 19.2. The minimum Gasteiger partial charge on any atom is -0.303 e. The molecule has 2 heterocycles. The minimum atomic E-state index is 0.718.